The minimum atomic E-state index is -0.352. The van der Waals surface area contributed by atoms with Crippen LogP contribution in [0.15, 0.2) is 24.3 Å². The number of esters is 1. The van der Waals surface area contributed by atoms with Crippen molar-refractivity contribution in [2.75, 3.05) is 38.6 Å². The van der Waals surface area contributed by atoms with Gasteiger partial charge >= 0.3 is 5.97 Å². The lowest BCUT2D eigenvalue weighted by Gasteiger charge is -2.19. The highest BCUT2D eigenvalue weighted by atomic mass is 32.1. The minimum Gasteiger partial charge on any atom is -0.465 e. The second-order valence-corrected chi connectivity index (χ2v) is 6.47. The molecule has 1 aliphatic rings. The number of nitrogens with one attached hydrogen (secondary N) is 2. The Morgan fingerprint density at radius 3 is 2.71 bits per heavy atom. The van der Waals surface area contributed by atoms with E-state index < -0.39 is 0 Å². The van der Waals surface area contributed by atoms with Gasteiger partial charge in [0.1, 0.15) is 0 Å². The normalized spacial score (nSPS) is 15.4. The molecule has 0 spiro atoms. The zero-order chi connectivity index (χ0) is 17.2. The predicted octanol–water partition coefficient (Wildman–Crippen LogP) is 3.03. The highest BCUT2D eigenvalue weighted by molar-refractivity contribution is 7.80. The van der Waals surface area contributed by atoms with E-state index in [0.29, 0.717) is 10.7 Å². The third-order valence-electron chi connectivity index (χ3n) is 4.18. The number of anilines is 1. The quantitative estimate of drug-likeness (QED) is 0.468. The van der Waals surface area contributed by atoms with Gasteiger partial charge in [-0.3, -0.25) is 0 Å². The van der Waals surface area contributed by atoms with E-state index >= 15 is 0 Å². The van der Waals surface area contributed by atoms with Crippen LogP contribution in [-0.4, -0.2) is 49.3 Å². The van der Waals surface area contributed by atoms with E-state index in [4.69, 9.17) is 17.0 Å². The maximum Gasteiger partial charge on any atom is 0.337 e. The van der Waals surface area contributed by atoms with Crippen molar-refractivity contribution in [1.29, 1.82) is 0 Å². The average molecular weight is 350 g/mol. The van der Waals surface area contributed by atoms with Crippen LogP contribution in [0.4, 0.5) is 5.69 Å². The molecule has 6 heteroatoms. The standard InChI is InChI=1S/C18H27N3O2S/c1-23-17(22)15-8-6-9-16(14-15)20-18(24)19-10-7-13-21-11-4-2-3-5-12-21/h6,8-9,14H,2-5,7,10-13H2,1H3,(H2,19,20,24). The van der Waals surface area contributed by atoms with Gasteiger partial charge in [0.05, 0.1) is 12.7 Å². The summed E-state index contributed by atoms with van der Waals surface area (Å²) >= 11 is 5.31. The summed E-state index contributed by atoms with van der Waals surface area (Å²) in [5.74, 6) is -0.352. The molecule has 0 radical (unpaired) electrons. The first kappa shape index (κ1) is 18.7. The van der Waals surface area contributed by atoms with E-state index in [0.717, 1.165) is 25.2 Å². The molecule has 132 valence electrons. The Kier molecular flexibility index (Phi) is 7.98. The summed E-state index contributed by atoms with van der Waals surface area (Å²) in [6, 6.07) is 7.12. The molecule has 1 fully saturated rings. The van der Waals surface area contributed by atoms with Crippen molar-refractivity contribution < 1.29 is 9.53 Å². The average Bonchev–Trinajstić information content (AvgIpc) is 2.87. The molecule has 1 aromatic carbocycles. The molecule has 5 nitrogen and oxygen atoms in total. The van der Waals surface area contributed by atoms with E-state index in [2.05, 4.69) is 15.5 Å². The van der Waals surface area contributed by atoms with Gasteiger partial charge in [0, 0.05) is 12.2 Å². The van der Waals surface area contributed by atoms with Gasteiger partial charge in [-0.1, -0.05) is 18.9 Å². The number of benzene rings is 1. The van der Waals surface area contributed by atoms with Crippen LogP contribution in [0.1, 0.15) is 42.5 Å². The molecule has 24 heavy (non-hydrogen) atoms. The zero-order valence-corrected chi connectivity index (χ0v) is 15.2. The number of carbonyl (C=O) groups is 1. The van der Waals surface area contributed by atoms with Crippen molar-refractivity contribution >= 4 is 29.0 Å². The molecule has 0 unspecified atom stereocenters. The Morgan fingerprint density at radius 2 is 2.00 bits per heavy atom. The maximum absolute atomic E-state index is 11.5. The first-order valence-corrected chi connectivity index (χ1v) is 9.05. The van der Waals surface area contributed by atoms with E-state index in [-0.39, 0.29) is 5.97 Å². The lowest BCUT2D eigenvalue weighted by molar-refractivity contribution is 0.0601. The monoisotopic (exact) mass is 349 g/mol. The first-order chi connectivity index (χ1) is 11.7. The van der Waals surface area contributed by atoms with E-state index in [1.54, 1.807) is 18.2 Å². The first-order valence-electron chi connectivity index (χ1n) is 8.64. The van der Waals surface area contributed by atoms with Crippen LogP contribution >= 0.6 is 12.2 Å². The molecule has 1 heterocycles. The number of carbonyl (C=O) groups excluding carboxylic acids is 1. The van der Waals surface area contributed by atoms with Gasteiger partial charge in [-0.15, -0.1) is 0 Å². The predicted molar refractivity (Wildman–Crippen MR) is 102 cm³/mol. The lowest BCUT2D eigenvalue weighted by atomic mass is 10.2. The molecule has 2 N–H and O–H groups in total. The molecular weight excluding hydrogens is 322 g/mol. The maximum atomic E-state index is 11.5. The van der Waals surface area contributed by atoms with Crippen molar-refractivity contribution in [3.05, 3.63) is 29.8 Å². The fraction of sp³-hybridized carbons (Fsp3) is 0.556. The van der Waals surface area contributed by atoms with Gasteiger partial charge in [-0.05, 0) is 69.3 Å². The number of hydrogen-bond donors (Lipinski definition) is 2. The summed E-state index contributed by atoms with van der Waals surface area (Å²) in [6.45, 7) is 4.42. The number of methoxy groups -OCH3 is 1. The van der Waals surface area contributed by atoms with Crippen LogP contribution in [0.25, 0.3) is 0 Å². The van der Waals surface area contributed by atoms with Gasteiger partial charge in [-0.25, -0.2) is 4.79 Å². The number of hydrogen-bond acceptors (Lipinski definition) is 4. The number of rotatable bonds is 6. The SMILES string of the molecule is COC(=O)c1cccc(NC(=S)NCCCN2CCCCCC2)c1. The van der Waals surface area contributed by atoms with Gasteiger partial charge in [0.25, 0.3) is 0 Å². The topological polar surface area (TPSA) is 53.6 Å². The highest BCUT2D eigenvalue weighted by Crippen LogP contribution is 2.12. The summed E-state index contributed by atoms with van der Waals surface area (Å²) in [6.07, 6.45) is 6.46. The Morgan fingerprint density at radius 1 is 1.25 bits per heavy atom. The van der Waals surface area contributed by atoms with Crippen molar-refractivity contribution in [3.63, 3.8) is 0 Å². The summed E-state index contributed by atoms with van der Waals surface area (Å²) in [7, 11) is 1.37. The molecule has 1 aliphatic heterocycles. The van der Waals surface area contributed by atoms with E-state index in [1.165, 1.54) is 45.9 Å². The molecule has 0 atom stereocenters. The molecule has 0 amide bonds. The second-order valence-electron chi connectivity index (χ2n) is 6.06. The Bertz CT molecular complexity index is 543. The highest BCUT2D eigenvalue weighted by Gasteiger charge is 2.09. The third-order valence-corrected chi connectivity index (χ3v) is 4.42. The molecule has 1 aromatic rings. The fourth-order valence-corrected chi connectivity index (χ4v) is 3.10. The lowest BCUT2D eigenvalue weighted by Crippen LogP contribution is -2.32. The molecule has 2 rings (SSSR count). The van der Waals surface area contributed by atoms with Gasteiger partial charge < -0.3 is 20.3 Å². The van der Waals surface area contributed by atoms with Crippen molar-refractivity contribution in [2.24, 2.45) is 0 Å². The largest absolute Gasteiger partial charge is 0.465 e. The van der Waals surface area contributed by atoms with Crippen LogP contribution < -0.4 is 10.6 Å². The summed E-state index contributed by atoms with van der Waals surface area (Å²) in [5.41, 5.74) is 1.29. The van der Waals surface area contributed by atoms with Crippen LogP contribution in [0.5, 0.6) is 0 Å². The molecule has 0 aliphatic carbocycles. The second kappa shape index (κ2) is 10.3. The Labute approximate surface area is 149 Å². The van der Waals surface area contributed by atoms with Crippen molar-refractivity contribution in [2.45, 2.75) is 32.1 Å². The third kappa shape index (κ3) is 6.45. The van der Waals surface area contributed by atoms with E-state index in [1.807, 2.05) is 6.07 Å². The summed E-state index contributed by atoms with van der Waals surface area (Å²) in [4.78, 5) is 14.1. The van der Waals surface area contributed by atoms with Gasteiger partial charge in [-0.2, -0.15) is 0 Å². The van der Waals surface area contributed by atoms with Gasteiger partial charge in [0.2, 0.25) is 0 Å². The van der Waals surface area contributed by atoms with Gasteiger partial charge in [0.15, 0.2) is 5.11 Å². The molecule has 1 saturated heterocycles. The van der Waals surface area contributed by atoms with E-state index in [9.17, 15) is 4.79 Å². The number of likely N-dealkylation sites (tertiary alicyclic amines) is 1. The Balaban J connectivity index is 1.68. The molecule has 0 aromatic heterocycles. The van der Waals surface area contributed by atoms with Crippen LogP contribution in [0.3, 0.4) is 0 Å². The van der Waals surface area contributed by atoms with Crippen LogP contribution in [0.2, 0.25) is 0 Å². The summed E-state index contributed by atoms with van der Waals surface area (Å²) in [5, 5.41) is 6.91. The summed E-state index contributed by atoms with van der Waals surface area (Å²) < 4.78 is 4.72. The molecular formula is C18H27N3O2S. The molecule has 0 bridgehead atoms. The number of nitrogens with zero attached hydrogens (tertiary/aromatic N) is 1. The van der Waals surface area contributed by atoms with Crippen LogP contribution in [-0.2, 0) is 4.74 Å². The van der Waals surface area contributed by atoms with Crippen molar-refractivity contribution in [1.82, 2.24) is 10.2 Å². The van der Waals surface area contributed by atoms with Crippen LogP contribution in [0, 0.1) is 0 Å². The zero-order valence-electron chi connectivity index (χ0n) is 14.3. The number of ether oxygens (including phenoxy) is 1. The Hall–Kier alpha value is -1.66. The smallest absolute Gasteiger partial charge is 0.337 e. The number of thiocarbonyl (C=S) groups is 1. The minimum absolute atomic E-state index is 0.352. The fourth-order valence-electron chi connectivity index (χ4n) is 2.88. The van der Waals surface area contributed by atoms with Crippen molar-refractivity contribution in [3.8, 4) is 0 Å². The molecule has 0 saturated carbocycles.